The lowest BCUT2D eigenvalue weighted by molar-refractivity contribution is 0.0934. The second kappa shape index (κ2) is 13.6. The van der Waals surface area contributed by atoms with Crippen molar-refractivity contribution in [1.29, 1.82) is 0 Å². The van der Waals surface area contributed by atoms with E-state index in [2.05, 4.69) is 14.7 Å². The summed E-state index contributed by atoms with van der Waals surface area (Å²) in [7, 11) is -2.64. The zero-order chi connectivity index (χ0) is 28.5. The molecule has 3 rings (SSSR count). The van der Waals surface area contributed by atoms with Crippen molar-refractivity contribution >= 4 is 15.8 Å². The van der Waals surface area contributed by atoms with Crippen molar-refractivity contribution in [1.82, 2.24) is 9.97 Å². The largest absolute Gasteiger partial charge is 0.493 e. The van der Waals surface area contributed by atoms with Crippen molar-refractivity contribution in [3.8, 4) is 23.1 Å². The van der Waals surface area contributed by atoms with Crippen LogP contribution in [0.3, 0.4) is 0 Å². The van der Waals surface area contributed by atoms with Crippen molar-refractivity contribution in [2.24, 2.45) is 0 Å². The molecule has 0 fully saturated rings. The van der Waals surface area contributed by atoms with Gasteiger partial charge in [0, 0.05) is 6.42 Å². The van der Waals surface area contributed by atoms with Crippen LogP contribution in [0.25, 0.3) is 0 Å². The molecule has 39 heavy (non-hydrogen) atoms. The number of ether oxygens (including phenoxy) is 4. The molecule has 12 heteroatoms. The van der Waals surface area contributed by atoms with Gasteiger partial charge in [-0.1, -0.05) is 45.0 Å². The number of aliphatic hydroxyl groups is 2. The van der Waals surface area contributed by atoms with Crippen molar-refractivity contribution in [2.75, 3.05) is 44.9 Å². The smallest absolute Gasteiger partial charge is 0.263 e. The van der Waals surface area contributed by atoms with E-state index >= 15 is 0 Å². The summed E-state index contributed by atoms with van der Waals surface area (Å²) in [5.41, 5.74) is 0.831. The number of hydrogen-bond donors (Lipinski definition) is 3. The maximum Gasteiger partial charge on any atom is 0.263 e. The molecule has 0 amide bonds. The number of nitrogens with one attached hydrogen (secondary N) is 1. The molecule has 0 aliphatic heterocycles. The van der Waals surface area contributed by atoms with Gasteiger partial charge < -0.3 is 29.2 Å². The summed E-state index contributed by atoms with van der Waals surface area (Å²) < 4.78 is 51.8. The Bertz CT molecular complexity index is 1330. The number of para-hydroxylation sites is 2. The van der Waals surface area contributed by atoms with Gasteiger partial charge in [-0.3, -0.25) is 4.72 Å². The minimum atomic E-state index is -4.11. The highest BCUT2D eigenvalue weighted by Gasteiger charge is 2.25. The summed E-state index contributed by atoms with van der Waals surface area (Å²) in [4.78, 5) is 8.81. The van der Waals surface area contributed by atoms with E-state index in [0.29, 0.717) is 5.75 Å². The third-order valence-electron chi connectivity index (χ3n) is 5.46. The highest BCUT2D eigenvalue weighted by Crippen LogP contribution is 2.40. The van der Waals surface area contributed by atoms with Crippen LogP contribution in [0.15, 0.2) is 53.4 Å². The van der Waals surface area contributed by atoms with Crippen LogP contribution in [0, 0.1) is 0 Å². The first-order valence-electron chi connectivity index (χ1n) is 12.4. The van der Waals surface area contributed by atoms with Gasteiger partial charge >= 0.3 is 0 Å². The summed E-state index contributed by atoms with van der Waals surface area (Å²) in [6, 6.07) is 13.4. The molecule has 212 valence electrons. The monoisotopic (exact) mass is 561 g/mol. The molecular weight excluding hydrogens is 526 g/mol. The highest BCUT2D eigenvalue weighted by atomic mass is 32.2. The fourth-order valence-corrected chi connectivity index (χ4v) is 4.46. The van der Waals surface area contributed by atoms with Gasteiger partial charge in [-0.15, -0.1) is 0 Å². The van der Waals surface area contributed by atoms with Gasteiger partial charge in [-0.25, -0.2) is 13.4 Å². The molecule has 3 aromatic rings. The normalized spacial score (nSPS) is 11.7. The van der Waals surface area contributed by atoms with Crippen LogP contribution in [0.2, 0.25) is 0 Å². The zero-order valence-electron chi connectivity index (χ0n) is 22.5. The Balaban J connectivity index is 2.07. The number of benzene rings is 2. The topological polar surface area (TPSA) is 149 Å². The highest BCUT2D eigenvalue weighted by molar-refractivity contribution is 7.92. The molecule has 0 bridgehead atoms. The van der Waals surface area contributed by atoms with Crippen molar-refractivity contribution < 1.29 is 37.6 Å². The van der Waals surface area contributed by atoms with Gasteiger partial charge in [0.1, 0.15) is 12.4 Å². The van der Waals surface area contributed by atoms with Gasteiger partial charge in [0.05, 0.1) is 38.4 Å². The molecule has 0 radical (unpaired) electrons. The fourth-order valence-electron chi connectivity index (χ4n) is 3.45. The Kier molecular flexibility index (Phi) is 10.5. The van der Waals surface area contributed by atoms with Crippen molar-refractivity contribution in [3.63, 3.8) is 0 Å². The molecule has 0 aliphatic carbocycles. The first-order valence-corrected chi connectivity index (χ1v) is 13.8. The van der Waals surface area contributed by atoms with Crippen LogP contribution in [0.1, 0.15) is 32.2 Å². The molecule has 11 nitrogen and oxygen atoms in total. The average molecular weight is 562 g/mol. The molecular formula is C27H35N3O8S. The maximum atomic E-state index is 13.4. The zero-order valence-corrected chi connectivity index (χ0v) is 23.3. The molecule has 2 aromatic carbocycles. The van der Waals surface area contributed by atoms with E-state index in [1.165, 1.54) is 19.2 Å². The number of hydrogen-bond acceptors (Lipinski definition) is 10. The Labute approximate surface area is 228 Å². The molecule has 0 atom stereocenters. The number of nitrogens with zero attached hydrogens (tertiary/aromatic N) is 2. The Morgan fingerprint density at radius 1 is 0.897 bits per heavy atom. The number of aliphatic hydroxyl groups excluding tert-OH is 2. The predicted octanol–water partition coefficient (Wildman–Crippen LogP) is 3.30. The number of anilines is 1. The second-order valence-electron chi connectivity index (χ2n) is 9.41. The van der Waals surface area contributed by atoms with E-state index in [1.54, 1.807) is 36.4 Å². The Morgan fingerprint density at radius 2 is 1.56 bits per heavy atom. The first-order chi connectivity index (χ1) is 18.6. The first kappa shape index (κ1) is 30.1. The Hall–Kier alpha value is -3.45. The summed E-state index contributed by atoms with van der Waals surface area (Å²) in [6.07, 6.45) is 0.194. The molecule has 0 aliphatic rings. The Morgan fingerprint density at radius 3 is 2.18 bits per heavy atom. The maximum absolute atomic E-state index is 13.4. The summed E-state index contributed by atoms with van der Waals surface area (Å²) >= 11 is 0. The van der Waals surface area contributed by atoms with Crippen LogP contribution in [-0.4, -0.2) is 68.7 Å². The average Bonchev–Trinajstić information content (AvgIpc) is 2.91. The molecule has 1 heterocycles. The van der Waals surface area contributed by atoms with E-state index in [4.69, 9.17) is 24.1 Å². The third-order valence-corrected chi connectivity index (χ3v) is 6.81. The molecule has 0 spiro atoms. The van der Waals surface area contributed by atoms with Crippen LogP contribution in [0.4, 0.5) is 5.82 Å². The van der Waals surface area contributed by atoms with E-state index in [0.717, 1.165) is 5.56 Å². The minimum Gasteiger partial charge on any atom is -0.493 e. The molecule has 0 unspecified atom stereocenters. The molecule has 0 saturated carbocycles. The number of sulfonamides is 1. The van der Waals surface area contributed by atoms with Gasteiger partial charge in [0.2, 0.25) is 5.75 Å². The molecule has 3 N–H and O–H groups in total. The number of methoxy groups -OCH3 is 1. The predicted molar refractivity (Wildman–Crippen MR) is 145 cm³/mol. The van der Waals surface area contributed by atoms with Gasteiger partial charge in [-0.05, 0) is 35.2 Å². The lowest BCUT2D eigenvalue weighted by atomic mass is 9.87. The fraction of sp³-hybridized carbons (Fsp3) is 0.407. The van der Waals surface area contributed by atoms with Crippen molar-refractivity contribution in [2.45, 2.75) is 37.5 Å². The van der Waals surface area contributed by atoms with Crippen molar-refractivity contribution in [3.05, 3.63) is 59.9 Å². The number of aromatic nitrogens is 2. The van der Waals surface area contributed by atoms with E-state index in [9.17, 15) is 13.5 Å². The quantitative estimate of drug-likeness (QED) is 0.250. The number of rotatable bonds is 14. The standard InChI is InChI=1S/C27H35N3O8S/c1-27(2,3)19-9-11-20(12-10-19)39(33,34)30-25-24(38-22-8-6-5-7-21(22)35-4)26(37-18-15-32)29-23(28-25)13-16-36-17-14-31/h5-12,31-32H,13-18H2,1-4H3,(H,28,29,30). The lowest BCUT2D eigenvalue weighted by Crippen LogP contribution is -2.18. The van der Waals surface area contributed by atoms with E-state index in [1.807, 2.05) is 20.8 Å². The van der Waals surface area contributed by atoms with Gasteiger partial charge in [0.15, 0.2) is 17.3 Å². The summed E-state index contributed by atoms with van der Waals surface area (Å²) in [5.74, 6) is 0.505. The summed E-state index contributed by atoms with van der Waals surface area (Å²) in [5, 5.41) is 18.3. The SMILES string of the molecule is COc1ccccc1Oc1c(NS(=O)(=O)c2ccc(C(C)(C)C)cc2)nc(CCOCCO)nc1OCCO. The minimum absolute atomic E-state index is 0.0306. The summed E-state index contributed by atoms with van der Waals surface area (Å²) in [6.45, 7) is 5.84. The van der Waals surface area contributed by atoms with Crippen LogP contribution >= 0.6 is 0 Å². The van der Waals surface area contributed by atoms with Crippen LogP contribution < -0.4 is 18.9 Å². The van der Waals surface area contributed by atoms with Crippen LogP contribution in [0.5, 0.6) is 23.1 Å². The van der Waals surface area contributed by atoms with E-state index < -0.39 is 10.0 Å². The van der Waals surface area contributed by atoms with Crippen LogP contribution in [-0.2, 0) is 26.6 Å². The van der Waals surface area contributed by atoms with E-state index in [-0.39, 0.29) is 78.8 Å². The molecule has 0 saturated heterocycles. The van der Waals surface area contributed by atoms with Gasteiger partial charge in [-0.2, -0.15) is 4.98 Å². The second-order valence-corrected chi connectivity index (χ2v) is 11.1. The molecule has 1 aromatic heterocycles. The van der Waals surface area contributed by atoms with Gasteiger partial charge in [0.25, 0.3) is 15.9 Å². The third kappa shape index (κ3) is 8.27. The lowest BCUT2D eigenvalue weighted by Gasteiger charge is -2.20.